The summed E-state index contributed by atoms with van der Waals surface area (Å²) in [6.45, 7) is 8.29. The van der Waals surface area contributed by atoms with Gasteiger partial charge in [-0.2, -0.15) is 0 Å². The molecule has 0 aliphatic carbocycles. The molecular formula is C28H31N3O7. The lowest BCUT2D eigenvalue weighted by Crippen LogP contribution is -2.49. The zero-order valence-electron chi connectivity index (χ0n) is 21.9. The Morgan fingerprint density at radius 3 is 2.45 bits per heavy atom. The fraction of sp³-hybridized carbons (Fsp3) is 0.286. The number of aromatic nitrogens is 1. The van der Waals surface area contributed by atoms with Gasteiger partial charge in [0.1, 0.15) is 11.4 Å². The molecule has 3 aromatic rings. The van der Waals surface area contributed by atoms with Crippen LogP contribution >= 0.6 is 0 Å². The number of hydrazine groups is 1. The lowest BCUT2D eigenvalue weighted by Gasteiger charge is -2.26. The van der Waals surface area contributed by atoms with Crippen molar-refractivity contribution in [1.82, 2.24) is 15.0 Å². The van der Waals surface area contributed by atoms with Crippen LogP contribution in [-0.4, -0.2) is 56.8 Å². The molecule has 38 heavy (non-hydrogen) atoms. The number of amides is 2. The first kappa shape index (κ1) is 28.0. The summed E-state index contributed by atoms with van der Waals surface area (Å²) < 4.78 is 12.0. The van der Waals surface area contributed by atoms with E-state index in [1.54, 1.807) is 65.1 Å². The number of rotatable bonds is 7. The van der Waals surface area contributed by atoms with E-state index in [1.807, 2.05) is 12.1 Å². The van der Waals surface area contributed by atoms with Gasteiger partial charge in [-0.15, -0.1) is 0 Å². The number of carboxylic acid groups (broad SMARTS) is 1. The Labute approximate surface area is 220 Å². The third-order valence-electron chi connectivity index (χ3n) is 5.17. The molecule has 0 bridgehead atoms. The summed E-state index contributed by atoms with van der Waals surface area (Å²) in [5, 5.41) is 10.7. The highest BCUT2D eigenvalue weighted by atomic mass is 16.6. The number of para-hydroxylation sites is 1. The molecule has 0 atom stereocenters. The predicted octanol–water partition coefficient (Wildman–Crippen LogP) is 4.48. The molecule has 2 N–H and O–H groups in total. The fourth-order valence-electron chi connectivity index (χ4n) is 3.53. The average molecular weight is 522 g/mol. The van der Waals surface area contributed by atoms with Crippen molar-refractivity contribution in [3.63, 3.8) is 0 Å². The normalized spacial score (nSPS) is 11.5. The van der Waals surface area contributed by atoms with Gasteiger partial charge in [-0.1, -0.05) is 24.3 Å². The molecule has 2 amide bonds. The summed E-state index contributed by atoms with van der Waals surface area (Å²) in [6.07, 6.45) is 3.95. The van der Waals surface area contributed by atoms with Crippen molar-refractivity contribution in [1.29, 1.82) is 0 Å². The van der Waals surface area contributed by atoms with E-state index < -0.39 is 36.1 Å². The number of ether oxygens (including phenoxy) is 2. The number of carbonyl (C=O) groups excluding carboxylic acids is 3. The number of hydrogen-bond donors (Lipinski definition) is 2. The average Bonchev–Trinajstić information content (AvgIpc) is 3.22. The number of aliphatic carboxylic acids is 1. The van der Waals surface area contributed by atoms with Crippen LogP contribution in [0.3, 0.4) is 0 Å². The number of hydrogen-bond acceptors (Lipinski definition) is 6. The molecule has 3 rings (SSSR count). The molecule has 200 valence electrons. The van der Waals surface area contributed by atoms with Gasteiger partial charge in [0.25, 0.3) is 11.8 Å². The maximum atomic E-state index is 13.1. The predicted molar refractivity (Wildman–Crippen MR) is 142 cm³/mol. The number of carbonyl (C=O) groups is 4. The Morgan fingerprint density at radius 2 is 1.79 bits per heavy atom. The van der Waals surface area contributed by atoms with Gasteiger partial charge in [-0.3, -0.25) is 19.6 Å². The highest BCUT2D eigenvalue weighted by molar-refractivity contribution is 6.01. The van der Waals surface area contributed by atoms with Gasteiger partial charge >= 0.3 is 12.1 Å². The number of carboxylic acids is 1. The van der Waals surface area contributed by atoms with E-state index in [0.29, 0.717) is 11.1 Å². The molecule has 0 radical (unpaired) electrons. The smallest absolute Gasteiger partial charge is 0.419 e. The van der Waals surface area contributed by atoms with Crippen molar-refractivity contribution in [2.45, 2.75) is 46.3 Å². The molecule has 10 nitrogen and oxygen atoms in total. The SMILES string of the molecule is CC(C)N(NC(=O)c1cccc(OCC(=O)O)c1)C(=O)C=Cc1cn(C(=O)OC(C)(C)C)c2ccccc12. The summed E-state index contributed by atoms with van der Waals surface area (Å²) in [5.74, 6) is -1.98. The Morgan fingerprint density at radius 1 is 1.08 bits per heavy atom. The summed E-state index contributed by atoms with van der Waals surface area (Å²) in [4.78, 5) is 49.4. The lowest BCUT2D eigenvalue weighted by atomic mass is 10.1. The highest BCUT2D eigenvalue weighted by Crippen LogP contribution is 2.24. The highest BCUT2D eigenvalue weighted by Gasteiger charge is 2.21. The zero-order chi connectivity index (χ0) is 28.0. The zero-order valence-corrected chi connectivity index (χ0v) is 21.9. The molecule has 0 aliphatic heterocycles. The maximum Gasteiger partial charge on any atom is 0.419 e. The van der Waals surface area contributed by atoms with Crippen LogP contribution in [0, 0.1) is 0 Å². The summed E-state index contributed by atoms with van der Waals surface area (Å²) in [5.41, 5.74) is 3.36. The van der Waals surface area contributed by atoms with Crippen LogP contribution in [0.25, 0.3) is 17.0 Å². The first-order chi connectivity index (χ1) is 17.9. The second-order valence-corrected chi connectivity index (χ2v) is 9.74. The second-order valence-electron chi connectivity index (χ2n) is 9.74. The van der Waals surface area contributed by atoms with E-state index in [2.05, 4.69) is 5.43 Å². The second kappa shape index (κ2) is 11.6. The molecule has 0 saturated carbocycles. The number of fused-ring (bicyclic) bond motifs is 1. The molecule has 0 unspecified atom stereocenters. The first-order valence-corrected chi connectivity index (χ1v) is 12.0. The summed E-state index contributed by atoms with van der Waals surface area (Å²) in [7, 11) is 0. The van der Waals surface area contributed by atoms with Crippen LogP contribution in [-0.2, 0) is 14.3 Å². The Bertz CT molecular complexity index is 1380. The summed E-state index contributed by atoms with van der Waals surface area (Å²) >= 11 is 0. The number of nitrogens with one attached hydrogen (secondary N) is 1. The summed E-state index contributed by atoms with van der Waals surface area (Å²) in [6, 6.07) is 12.9. The largest absolute Gasteiger partial charge is 0.482 e. The third-order valence-corrected chi connectivity index (χ3v) is 5.17. The fourth-order valence-corrected chi connectivity index (χ4v) is 3.53. The van der Waals surface area contributed by atoms with E-state index >= 15 is 0 Å². The van der Waals surface area contributed by atoms with Crippen molar-refractivity contribution < 1.29 is 33.8 Å². The molecule has 1 heterocycles. The Balaban J connectivity index is 1.80. The minimum atomic E-state index is -1.14. The maximum absolute atomic E-state index is 13.1. The Hall–Kier alpha value is -4.60. The molecule has 10 heteroatoms. The van der Waals surface area contributed by atoms with Crippen LogP contribution in [0.15, 0.2) is 60.8 Å². The lowest BCUT2D eigenvalue weighted by molar-refractivity contribution is -0.139. The molecular weight excluding hydrogens is 490 g/mol. The van der Waals surface area contributed by atoms with Gasteiger partial charge in [0, 0.05) is 34.8 Å². The van der Waals surface area contributed by atoms with Crippen LogP contribution < -0.4 is 10.2 Å². The van der Waals surface area contributed by atoms with E-state index in [4.69, 9.17) is 14.6 Å². The molecule has 0 saturated heterocycles. The van der Waals surface area contributed by atoms with Crippen LogP contribution in [0.1, 0.15) is 50.5 Å². The van der Waals surface area contributed by atoms with Gasteiger partial charge in [0.05, 0.1) is 5.52 Å². The van der Waals surface area contributed by atoms with Gasteiger partial charge in [-0.25, -0.2) is 14.6 Å². The number of nitrogens with zero attached hydrogens (tertiary/aromatic N) is 2. The van der Waals surface area contributed by atoms with E-state index in [0.717, 1.165) is 5.39 Å². The first-order valence-electron chi connectivity index (χ1n) is 12.0. The van der Waals surface area contributed by atoms with Gasteiger partial charge < -0.3 is 14.6 Å². The number of benzene rings is 2. The van der Waals surface area contributed by atoms with Gasteiger partial charge in [-0.05, 0) is 65.0 Å². The molecule has 2 aromatic carbocycles. The van der Waals surface area contributed by atoms with E-state index in [1.165, 1.54) is 33.9 Å². The Kier molecular flexibility index (Phi) is 8.57. The minimum absolute atomic E-state index is 0.191. The van der Waals surface area contributed by atoms with Crippen molar-refractivity contribution in [3.05, 3.63) is 71.9 Å². The minimum Gasteiger partial charge on any atom is -0.482 e. The van der Waals surface area contributed by atoms with Crippen LogP contribution in [0.2, 0.25) is 0 Å². The molecule has 1 aromatic heterocycles. The molecule has 0 spiro atoms. The van der Waals surface area contributed by atoms with Crippen LogP contribution in [0.5, 0.6) is 5.75 Å². The van der Waals surface area contributed by atoms with Crippen LogP contribution in [0.4, 0.5) is 4.79 Å². The third kappa shape index (κ3) is 7.22. The molecule has 0 fully saturated rings. The van der Waals surface area contributed by atoms with E-state index in [9.17, 15) is 19.2 Å². The van der Waals surface area contributed by atoms with Crippen molar-refractivity contribution in [3.8, 4) is 5.75 Å². The van der Waals surface area contributed by atoms with Gasteiger partial charge in [0.2, 0.25) is 0 Å². The van der Waals surface area contributed by atoms with Crippen molar-refractivity contribution in [2.75, 3.05) is 6.61 Å². The quantitative estimate of drug-likeness (QED) is 0.347. The van der Waals surface area contributed by atoms with Gasteiger partial charge in [0.15, 0.2) is 6.61 Å². The topological polar surface area (TPSA) is 127 Å². The molecule has 0 aliphatic rings. The monoisotopic (exact) mass is 521 g/mol. The van der Waals surface area contributed by atoms with E-state index in [-0.39, 0.29) is 17.4 Å². The van der Waals surface area contributed by atoms with Crippen molar-refractivity contribution >= 4 is 40.9 Å². The standard InChI is InChI=1S/C28H31N3O7/c1-18(2)31(29-26(35)19-9-8-10-21(15-19)37-17-25(33)34)24(32)14-13-20-16-30(27(36)38-28(3,4)5)23-12-7-6-11-22(20)23/h6-16,18H,17H2,1-5H3,(H,29,35)(H,33,34). The van der Waals surface area contributed by atoms with Crippen molar-refractivity contribution in [2.24, 2.45) is 0 Å².